The van der Waals surface area contributed by atoms with Crippen molar-refractivity contribution < 1.29 is 14.0 Å². The second kappa shape index (κ2) is 13.5. The summed E-state index contributed by atoms with van der Waals surface area (Å²) in [6, 6.07) is 11.8. The molecule has 1 unspecified atom stereocenters. The highest BCUT2D eigenvalue weighted by Gasteiger charge is 2.42. The number of carbonyl (C=O) groups excluding carboxylic acids is 2. The van der Waals surface area contributed by atoms with Crippen molar-refractivity contribution in [2.45, 2.75) is 89.6 Å². The van der Waals surface area contributed by atoms with Crippen LogP contribution in [0.4, 0.5) is 0 Å². The van der Waals surface area contributed by atoms with Gasteiger partial charge in [0.15, 0.2) is 8.32 Å². The molecule has 1 saturated carbocycles. The van der Waals surface area contributed by atoms with Gasteiger partial charge in [0, 0.05) is 64.8 Å². The molecule has 2 amide bonds. The molecule has 0 aromatic heterocycles. The fourth-order valence-corrected chi connectivity index (χ4v) is 9.32. The van der Waals surface area contributed by atoms with Crippen molar-refractivity contribution in [2.75, 3.05) is 31.1 Å². The van der Waals surface area contributed by atoms with Crippen LogP contribution in [0.25, 0.3) is 11.1 Å². The van der Waals surface area contributed by atoms with E-state index in [0.29, 0.717) is 34.2 Å². The van der Waals surface area contributed by atoms with E-state index in [2.05, 4.69) is 38.8 Å². The molecule has 43 heavy (non-hydrogen) atoms. The van der Waals surface area contributed by atoms with E-state index < -0.39 is 8.32 Å². The Labute approximate surface area is 273 Å². The Morgan fingerprint density at radius 3 is 2.12 bits per heavy atom. The quantitative estimate of drug-likeness (QED) is 0.279. The van der Waals surface area contributed by atoms with Gasteiger partial charge in [0.1, 0.15) is 0 Å². The molecule has 5 nitrogen and oxygen atoms in total. The van der Waals surface area contributed by atoms with E-state index in [1.807, 2.05) is 53.1 Å². The molecule has 3 aliphatic rings. The van der Waals surface area contributed by atoms with Crippen molar-refractivity contribution in [3.05, 3.63) is 57.6 Å². The Kier molecular flexibility index (Phi) is 10.3. The third kappa shape index (κ3) is 7.49. The van der Waals surface area contributed by atoms with E-state index in [1.54, 1.807) is 0 Å². The largest absolute Gasteiger partial charge is 0.414 e. The molecule has 9 heteroatoms. The van der Waals surface area contributed by atoms with Crippen molar-refractivity contribution in [3.8, 4) is 11.1 Å². The van der Waals surface area contributed by atoms with Gasteiger partial charge in [-0.25, -0.2) is 0 Å². The summed E-state index contributed by atoms with van der Waals surface area (Å²) >= 11 is 15.5. The second-order valence-electron chi connectivity index (χ2n) is 13.9. The minimum Gasteiger partial charge on any atom is -0.414 e. The van der Waals surface area contributed by atoms with Crippen molar-refractivity contribution in [1.82, 2.24) is 9.80 Å². The van der Waals surface area contributed by atoms with Crippen molar-refractivity contribution in [3.63, 3.8) is 0 Å². The van der Waals surface area contributed by atoms with Gasteiger partial charge in [-0.1, -0.05) is 56.1 Å². The minimum atomic E-state index is -1.79. The normalized spacial score (nSPS) is 23.6. The highest BCUT2D eigenvalue weighted by atomic mass is 35.5. The number of carbonyl (C=O) groups is 2. The zero-order chi connectivity index (χ0) is 30.9. The summed E-state index contributed by atoms with van der Waals surface area (Å²) in [5.74, 6) is 2.20. The number of likely N-dealkylation sites (tertiary alicyclic amines) is 1. The van der Waals surface area contributed by atoms with E-state index in [0.717, 1.165) is 79.9 Å². The monoisotopic (exact) mass is 660 g/mol. The zero-order valence-electron chi connectivity index (χ0n) is 26.3. The molecule has 2 saturated heterocycles. The van der Waals surface area contributed by atoms with Crippen LogP contribution in [0.3, 0.4) is 0 Å². The predicted molar refractivity (Wildman–Crippen MR) is 183 cm³/mol. The SMILES string of the molecule is CC(C)(C)[Si](C)(C)O[C@H]1CC[C@@H](N2CCC(Cc3c(Cl)cc(-c4ccc(C(=O)N5CCSCC5)cc4)cc3Cl)C2=O)CC1. The van der Waals surface area contributed by atoms with E-state index >= 15 is 0 Å². The third-order valence-corrected chi connectivity index (χ3v) is 16.2. The summed E-state index contributed by atoms with van der Waals surface area (Å²) in [4.78, 5) is 30.4. The zero-order valence-corrected chi connectivity index (χ0v) is 29.6. The van der Waals surface area contributed by atoms with Crippen LogP contribution in [0.2, 0.25) is 28.2 Å². The van der Waals surface area contributed by atoms with Crippen LogP contribution in [0.1, 0.15) is 68.8 Å². The maximum absolute atomic E-state index is 13.5. The standard InChI is InChI=1S/C34H46Cl2N2O3SSi/c1-34(2,3)43(4,5)41-28-12-10-27(11-13-28)38-15-14-25(33(38)40)20-29-30(35)21-26(22-31(29)36)23-6-8-24(9-7-23)32(39)37-16-18-42-19-17-37/h6-9,21-22,25,27-28H,10-20H2,1-5H3/t25?,27-,28+. The number of nitrogens with zero attached hydrogens (tertiary/aromatic N) is 2. The van der Waals surface area contributed by atoms with E-state index in [1.165, 1.54) is 0 Å². The molecule has 3 fully saturated rings. The number of hydrogen-bond acceptors (Lipinski definition) is 4. The van der Waals surface area contributed by atoms with Gasteiger partial charge in [0.2, 0.25) is 5.91 Å². The maximum atomic E-state index is 13.5. The van der Waals surface area contributed by atoms with Gasteiger partial charge in [-0.2, -0.15) is 11.8 Å². The van der Waals surface area contributed by atoms with Gasteiger partial charge in [0.25, 0.3) is 5.91 Å². The van der Waals surface area contributed by atoms with Crippen molar-refractivity contribution >= 4 is 55.1 Å². The van der Waals surface area contributed by atoms with Crippen LogP contribution >= 0.6 is 35.0 Å². The highest BCUT2D eigenvalue weighted by molar-refractivity contribution is 7.99. The molecule has 2 aromatic carbocycles. The summed E-state index contributed by atoms with van der Waals surface area (Å²) in [5, 5.41) is 1.38. The molecule has 0 radical (unpaired) electrons. The van der Waals surface area contributed by atoms with Crippen LogP contribution < -0.4 is 0 Å². The number of thioether (sulfide) groups is 1. The molecule has 2 aromatic rings. The average Bonchev–Trinajstić information content (AvgIpc) is 3.34. The van der Waals surface area contributed by atoms with E-state index in [9.17, 15) is 9.59 Å². The Bertz CT molecular complexity index is 1290. The number of amides is 2. The molecule has 1 aliphatic carbocycles. The molecule has 0 bridgehead atoms. The first-order valence-corrected chi connectivity index (χ1v) is 20.6. The molecule has 0 N–H and O–H groups in total. The molecule has 1 atom stereocenters. The van der Waals surface area contributed by atoms with Crippen LogP contribution in [0.5, 0.6) is 0 Å². The minimum absolute atomic E-state index is 0.0843. The first-order valence-electron chi connectivity index (χ1n) is 15.8. The predicted octanol–water partition coefficient (Wildman–Crippen LogP) is 8.57. The first-order chi connectivity index (χ1) is 20.3. The van der Waals surface area contributed by atoms with Gasteiger partial charge in [-0.3, -0.25) is 9.59 Å². The first kappa shape index (κ1) is 32.9. The number of rotatable bonds is 7. The van der Waals surface area contributed by atoms with Gasteiger partial charge in [0.05, 0.1) is 0 Å². The summed E-state index contributed by atoms with van der Waals surface area (Å²) in [6.07, 6.45) is 5.77. The lowest BCUT2D eigenvalue weighted by atomic mass is 9.92. The molecule has 234 valence electrons. The lowest BCUT2D eigenvalue weighted by molar-refractivity contribution is -0.133. The number of halogens is 2. The van der Waals surface area contributed by atoms with Crippen LogP contribution in [0.15, 0.2) is 36.4 Å². The highest BCUT2D eigenvalue weighted by Crippen LogP contribution is 2.41. The lowest BCUT2D eigenvalue weighted by Gasteiger charge is -2.42. The van der Waals surface area contributed by atoms with Gasteiger partial charge in [-0.15, -0.1) is 0 Å². The third-order valence-electron chi connectivity index (χ3n) is 10.1. The smallest absolute Gasteiger partial charge is 0.253 e. The van der Waals surface area contributed by atoms with Crippen LogP contribution in [-0.2, 0) is 15.6 Å². The second-order valence-corrected chi connectivity index (χ2v) is 20.7. The van der Waals surface area contributed by atoms with Crippen LogP contribution in [-0.4, -0.2) is 73.2 Å². The van der Waals surface area contributed by atoms with Crippen LogP contribution in [0, 0.1) is 5.92 Å². The fourth-order valence-electron chi connectivity index (χ4n) is 6.35. The molecule has 0 spiro atoms. The number of hydrogen-bond donors (Lipinski definition) is 0. The Morgan fingerprint density at radius 1 is 0.930 bits per heavy atom. The summed E-state index contributed by atoms with van der Waals surface area (Å²) in [5.41, 5.74) is 3.40. The van der Waals surface area contributed by atoms with Crippen molar-refractivity contribution in [2.24, 2.45) is 5.92 Å². The Hall–Kier alpha value is -1.51. The van der Waals surface area contributed by atoms with Gasteiger partial charge >= 0.3 is 0 Å². The molecule has 2 aliphatic heterocycles. The summed E-state index contributed by atoms with van der Waals surface area (Å²) < 4.78 is 6.68. The van der Waals surface area contributed by atoms with Gasteiger partial charge in [-0.05, 0) is 97.6 Å². The van der Waals surface area contributed by atoms with E-state index in [-0.39, 0.29) is 22.8 Å². The Balaban J connectivity index is 1.18. The molecular weight excluding hydrogens is 615 g/mol. The fraction of sp³-hybridized carbons (Fsp3) is 0.588. The van der Waals surface area contributed by atoms with Crippen molar-refractivity contribution in [1.29, 1.82) is 0 Å². The molecule has 2 heterocycles. The summed E-state index contributed by atoms with van der Waals surface area (Å²) in [6.45, 7) is 13.9. The molecular formula is C34H46Cl2N2O3SSi. The Morgan fingerprint density at radius 2 is 1.53 bits per heavy atom. The summed E-state index contributed by atoms with van der Waals surface area (Å²) in [7, 11) is -1.79. The maximum Gasteiger partial charge on any atom is 0.253 e. The van der Waals surface area contributed by atoms with Gasteiger partial charge < -0.3 is 14.2 Å². The average molecular weight is 662 g/mol. The van der Waals surface area contributed by atoms with E-state index in [4.69, 9.17) is 27.6 Å². The number of benzene rings is 2. The molecule has 5 rings (SSSR count). The topological polar surface area (TPSA) is 49.9 Å². The lowest BCUT2D eigenvalue weighted by Crippen LogP contribution is -2.47.